The van der Waals surface area contributed by atoms with Crippen molar-refractivity contribution < 1.29 is 24.2 Å². The Bertz CT molecular complexity index is 526. The Labute approximate surface area is 145 Å². The zero-order valence-corrected chi connectivity index (χ0v) is 14.9. The first-order valence-electron chi connectivity index (χ1n) is 7.63. The molecule has 0 aromatic carbocycles. The van der Waals surface area contributed by atoms with E-state index in [2.05, 4.69) is 11.4 Å². The molecule has 8 nitrogen and oxygen atoms in total. The highest BCUT2D eigenvalue weighted by Gasteiger charge is 2.34. The summed E-state index contributed by atoms with van der Waals surface area (Å²) in [6.45, 7) is 5.56. The van der Waals surface area contributed by atoms with Crippen LogP contribution < -0.4 is 5.32 Å². The van der Waals surface area contributed by atoms with Crippen LogP contribution in [0.25, 0.3) is 0 Å². The summed E-state index contributed by atoms with van der Waals surface area (Å²) in [6, 6.07) is 0.634. The van der Waals surface area contributed by atoms with E-state index in [1.807, 2.05) is 0 Å². The zero-order valence-electron chi connectivity index (χ0n) is 14.1. The number of nitrogens with one attached hydrogen (secondary N) is 1. The number of alkyl carbamates (subject to hydrolysis) is 1. The lowest BCUT2D eigenvalue weighted by molar-refractivity contribution is -0.134. The predicted molar refractivity (Wildman–Crippen MR) is 88.5 cm³/mol. The first kappa shape index (κ1) is 20.1. The van der Waals surface area contributed by atoms with Crippen molar-refractivity contribution in [1.29, 1.82) is 5.26 Å². The number of nitriles is 1. The van der Waals surface area contributed by atoms with Gasteiger partial charge in [0.1, 0.15) is 17.7 Å². The number of nitrogens with zero attached hydrogens (tertiary/aromatic N) is 2. The fourth-order valence-corrected chi connectivity index (χ4v) is 3.01. The largest absolute Gasteiger partial charge is 0.481 e. The smallest absolute Gasteiger partial charge is 0.408 e. The third-order valence-electron chi connectivity index (χ3n) is 3.18. The molecule has 0 spiro atoms. The molecule has 9 heteroatoms. The van der Waals surface area contributed by atoms with Gasteiger partial charge in [0.2, 0.25) is 5.91 Å². The Morgan fingerprint density at radius 2 is 2.12 bits per heavy atom. The van der Waals surface area contributed by atoms with Crippen molar-refractivity contribution in [3.05, 3.63) is 0 Å². The number of carbonyl (C=O) groups is 3. The number of carbonyl (C=O) groups excluding carboxylic acids is 2. The van der Waals surface area contributed by atoms with E-state index in [0.717, 1.165) is 18.2 Å². The maximum atomic E-state index is 12.6. The molecule has 2 atom stereocenters. The topological polar surface area (TPSA) is 120 Å². The number of thioether (sulfide) groups is 1. The molecule has 24 heavy (non-hydrogen) atoms. The third-order valence-corrected chi connectivity index (χ3v) is 4.20. The first-order chi connectivity index (χ1) is 11.1. The Balaban J connectivity index is 2.76. The second kappa shape index (κ2) is 8.78. The van der Waals surface area contributed by atoms with Crippen LogP contribution >= 0.6 is 11.8 Å². The molecule has 1 fully saturated rings. The fourth-order valence-electron chi connectivity index (χ4n) is 2.25. The molecule has 0 aliphatic carbocycles. The molecule has 2 N–H and O–H groups in total. The average molecular weight is 357 g/mol. The highest BCUT2D eigenvalue weighted by molar-refractivity contribution is 8.00. The van der Waals surface area contributed by atoms with Crippen molar-refractivity contribution in [3.63, 3.8) is 0 Å². The number of carboxylic acids is 1. The number of hydrogen-bond acceptors (Lipinski definition) is 6. The monoisotopic (exact) mass is 357 g/mol. The van der Waals surface area contributed by atoms with Crippen molar-refractivity contribution in [2.24, 2.45) is 0 Å². The maximum Gasteiger partial charge on any atom is 0.408 e. The highest BCUT2D eigenvalue weighted by atomic mass is 32.2. The lowest BCUT2D eigenvalue weighted by Gasteiger charge is -2.27. The summed E-state index contributed by atoms with van der Waals surface area (Å²) in [6.07, 6.45) is 0.583. The molecule has 0 bridgehead atoms. The average Bonchev–Trinajstić information content (AvgIpc) is 2.91. The second-order valence-electron chi connectivity index (χ2n) is 6.43. The second-order valence-corrected chi connectivity index (χ2v) is 7.46. The van der Waals surface area contributed by atoms with Gasteiger partial charge in [-0.15, -0.1) is 11.8 Å². The molecule has 0 saturated carbocycles. The summed E-state index contributed by atoms with van der Waals surface area (Å²) in [5.41, 5.74) is -0.714. The molecule has 1 aliphatic rings. The number of aliphatic carboxylic acids is 1. The molecule has 1 heterocycles. The molecule has 1 saturated heterocycles. The maximum absolute atomic E-state index is 12.6. The first-order valence-corrected chi connectivity index (χ1v) is 8.78. The van der Waals surface area contributed by atoms with Crippen LogP contribution in [0.2, 0.25) is 0 Å². The van der Waals surface area contributed by atoms with Gasteiger partial charge in [0.25, 0.3) is 0 Å². The lowest BCUT2D eigenvalue weighted by atomic mass is 10.2. The third kappa shape index (κ3) is 6.66. The van der Waals surface area contributed by atoms with Gasteiger partial charge in [-0.1, -0.05) is 0 Å². The molecule has 0 aromatic heterocycles. The molecule has 0 radical (unpaired) electrons. The number of carboxylic acid groups (broad SMARTS) is 1. The van der Waals surface area contributed by atoms with E-state index < -0.39 is 29.7 Å². The minimum atomic E-state index is -1.00. The van der Waals surface area contributed by atoms with E-state index in [1.165, 1.54) is 4.90 Å². The summed E-state index contributed by atoms with van der Waals surface area (Å²) in [5, 5.41) is 20.3. The summed E-state index contributed by atoms with van der Waals surface area (Å²) < 4.78 is 5.15. The minimum absolute atomic E-state index is 0.0963. The summed E-state index contributed by atoms with van der Waals surface area (Å²) in [5.74, 6) is -1.47. The highest BCUT2D eigenvalue weighted by Crippen LogP contribution is 2.19. The van der Waals surface area contributed by atoms with Gasteiger partial charge in [0.15, 0.2) is 0 Å². The van der Waals surface area contributed by atoms with Crippen LogP contribution in [0.4, 0.5) is 4.79 Å². The number of hydrogen-bond donors (Lipinski definition) is 2. The van der Waals surface area contributed by atoms with Crippen molar-refractivity contribution in [2.45, 2.75) is 51.3 Å². The van der Waals surface area contributed by atoms with E-state index in [-0.39, 0.29) is 17.4 Å². The Hall–Kier alpha value is -1.95. The van der Waals surface area contributed by atoms with Crippen LogP contribution in [0, 0.1) is 11.3 Å². The number of likely N-dealkylation sites (tertiary alicyclic amines) is 1. The summed E-state index contributed by atoms with van der Waals surface area (Å²) >= 11 is 1.03. The van der Waals surface area contributed by atoms with E-state index in [1.54, 1.807) is 20.8 Å². The van der Waals surface area contributed by atoms with E-state index >= 15 is 0 Å². The summed E-state index contributed by atoms with van der Waals surface area (Å²) in [7, 11) is 0. The number of amides is 2. The zero-order chi connectivity index (χ0) is 18.3. The minimum Gasteiger partial charge on any atom is -0.481 e. The normalized spacial score (nSPS) is 18.6. The molecule has 1 rings (SSSR count). The Morgan fingerprint density at radius 3 is 2.67 bits per heavy atom. The van der Waals surface area contributed by atoms with Gasteiger partial charge in [-0.05, 0) is 33.6 Å². The van der Waals surface area contributed by atoms with Gasteiger partial charge < -0.3 is 20.1 Å². The Morgan fingerprint density at radius 1 is 1.46 bits per heavy atom. The Kier molecular flexibility index (Phi) is 7.35. The lowest BCUT2D eigenvalue weighted by Crippen LogP contribution is -2.52. The van der Waals surface area contributed by atoms with E-state index in [4.69, 9.17) is 15.1 Å². The van der Waals surface area contributed by atoms with Gasteiger partial charge in [-0.2, -0.15) is 5.26 Å². The van der Waals surface area contributed by atoms with Gasteiger partial charge >= 0.3 is 12.1 Å². The SMILES string of the molecule is CC(C)(C)OC(=O)N[C@@H](CSCC(=O)O)C(=O)N1CCC[C@H]1C#N. The van der Waals surface area contributed by atoms with Crippen LogP contribution in [0.1, 0.15) is 33.6 Å². The van der Waals surface area contributed by atoms with E-state index in [9.17, 15) is 14.4 Å². The quantitative estimate of drug-likeness (QED) is 0.733. The molecule has 0 unspecified atom stereocenters. The number of rotatable bonds is 6. The summed E-state index contributed by atoms with van der Waals surface area (Å²) in [4.78, 5) is 36.7. The van der Waals surface area contributed by atoms with Crippen LogP contribution in [-0.4, -0.2) is 63.7 Å². The molecule has 134 valence electrons. The molecule has 2 amide bonds. The van der Waals surface area contributed by atoms with Gasteiger partial charge in [0, 0.05) is 12.3 Å². The molecule has 0 aromatic rings. The van der Waals surface area contributed by atoms with E-state index in [0.29, 0.717) is 13.0 Å². The molecular formula is C15H23N3O5S. The van der Waals surface area contributed by atoms with Crippen LogP contribution in [0.5, 0.6) is 0 Å². The molecule has 1 aliphatic heterocycles. The van der Waals surface area contributed by atoms with Crippen LogP contribution in [0.15, 0.2) is 0 Å². The fraction of sp³-hybridized carbons (Fsp3) is 0.733. The van der Waals surface area contributed by atoms with Gasteiger partial charge in [0.05, 0.1) is 11.8 Å². The number of ether oxygens (including phenoxy) is 1. The van der Waals surface area contributed by atoms with Gasteiger partial charge in [-0.25, -0.2) is 4.79 Å². The van der Waals surface area contributed by atoms with Crippen molar-refractivity contribution in [2.75, 3.05) is 18.1 Å². The van der Waals surface area contributed by atoms with Gasteiger partial charge in [-0.3, -0.25) is 9.59 Å². The van der Waals surface area contributed by atoms with Crippen molar-refractivity contribution in [1.82, 2.24) is 10.2 Å². The predicted octanol–water partition coefficient (Wildman–Crippen LogP) is 1.21. The van der Waals surface area contributed by atoms with Crippen molar-refractivity contribution >= 4 is 29.7 Å². The van der Waals surface area contributed by atoms with Crippen LogP contribution in [0.3, 0.4) is 0 Å². The molecular weight excluding hydrogens is 334 g/mol. The standard InChI is InChI=1S/C15H23N3O5S/c1-15(2,3)23-14(22)17-11(8-24-9-12(19)20)13(21)18-6-4-5-10(18)7-16/h10-11H,4-6,8-9H2,1-3H3,(H,17,22)(H,19,20)/t10-,11-/m0/s1. The van der Waals surface area contributed by atoms with Crippen molar-refractivity contribution in [3.8, 4) is 6.07 Å². The van der Waals surface area contributed by atoms with Crippen LogP contribution in [-0.2, 0) is 14.3 Å².